The number of halogens is 3. The topological polar surface area (TPSA) is 64.4 Å². The molecule has 0 atom stereocenters. The van der Waals surface area contributed by atoms with Crippen molar-refractivity contribution >= 4 is 53.2 Å². The van der Waals surface area contributed by atoms with Crippen molar-refractivity contribution in [3.05, 3.63) is 67.1 Å². The van der Waals surface area contributed by atoms with Crippen LogP contribution in [-0.4, -0.2) is 28.2 Å². The van der Waals surface area contributed by atoms with Crippen LogP contribution < -0.4 is 9.47 Å². The van der Waals surface area contributed by atoms with Crippen LogP contribution >= 0.6 is 47.0 Å². The third kappa shape index (κ3) is 4.98. The van der Waals surface area contributed by atoms with Crippen LogP contribution in [0.3, 0.4) is 0 Å². The van der Waals surface area contributed by atoms with E-state index < -0.39 is 0 Å². The number of nitrogens with zero attached hydrogens (tertiary/aromatic N) is 3. The second-order valence-corrected chi connectivity index (χ2v) is 8.20. The Morgan fingerprint density at radius 1 is 1.17 bits per heavy atom. The highest BCUT2D eigenvalue weighted by molar-refractivity contribution is 7.71. The quantitative estimate of drug-likeness (QED) is 0.236. The maximum Gasteiger partial charge on any atom is 0.216 e. The van der Waals surface area contributed by atoms with E-state index in [0.29, 0.717) is 36.9 Å². The Labute approximate surface area is 194 Å². The number of hydrogen-bond acceptors (Lipinski definition) is 5. The second kappa shape index (κ2) is 9.83. The summed E-state index contributed by atoms with van der Waals surface area (Å²) in [5, 5.41) is 12.7. The van der Waals surface area contributed by atoms with Gasteiger partial charge >= 0.3 is 0 Å². The second-order valence-electron chi connectivity index (χ2n) is 6.62. The number of nitrogens with one attached hydrogen (secondary N) is 1. The van der Waals surface area contributed by atoms with Crippen LogP contribution in [0.1, 0.15) is 36.7 Å². The molecule has 0 aliphatic rings. The normalized spacial score (nSPS) is 11.4. The number of benzene rings is 2. The molecular weight excluding hydrogens is 467 g/mol. The van der Waals surface area contributed by atoms with Crippen LogP contribution in [0.4, 0.5) is 0 Å². The van der Waals surface area contributed by atoms with Crippen LogP contribution in [0.15, 0.2) is 35.4 Å². The highest BCUT2D eigenvalue weighted by Crippen LogP contribution is 2.34. The molecule has 3 aromatic rings. The van der Waals surface area contributed by atoms with E-state index in [1.54, 1.807) is 42.3 Å². The van der Waals surface area contributed by atoms with Crippen molar-refractivity contribution in [3.63, 3.8) is 0 Å². The lowest BCUT2D eigenvalue weighted by Gasteiger charge is -2.13. The van der Waals surface area contributed by atoms with Gasteiger partial charge in [0.1, 0.15) is 6.61 Å². The van der Waals surface area contributed by atoms with E-state index in [2.05, 4.69) is 15.3 Å². The maximum absolute atomic E-state index is 6.24. The Balaban J connectivity index is 1.82. The number of ether oxygens (including phenoxy) is 2. The molecule has 30 heavy (non-hydrogen) atoms. The van der Waals surface area contributed by atoms with Crippen LogP contribution in [0, 0.1) is 4.77 Å². The summed E-state index contributed by atoms with van der Waals surface area (Å²) < 4.78 is 13.4. The van der Waals surface area contributed by atoms with Crippen molar-refractivity contribution < 1.29 is 9.47 Å². The van der Waals surface area contributed by atoms with Crippen molar-refractivity contribution in [1.29, 1.82) is 0 Å². The molecule has 158 valence electrons. The number of aromatic amines is 1. The van der Waals surface area contributed by atoms with Gasteiger partial charge in [0.05, 0.1) is 23.4 Å². The maximum atomic E-state index is 6.24. The molecule has 0 amide bonds. The van der Waals surface area contributed by atoms with Gasteiger partial charge in [-0.1, -0.05) is 48.7 Å². The minimum absolute atomic E-state index is 0.143. The first-order valence-corrected chi connectivity index (χ1v) is 10.5. The zero-order valence-electron chi connectivity index (χ0n) is 16.4. The molecule has 0 radical (unpaired) electrons. The van der Waals surface area contributed by atoms with Crippen LogP contribution in [0.2, 0.25) is 15.1 Å². The minimum atomic E-state index is 0.143. The molecule has 0 saturated carbocycles. The first kappa shape index (κ1) is 22.6. The first-order valence-electron chi connectivity index (χ1n) is 8.96. The van der Waals surface area contributed by atoms with Crippen molar-refractivity contribution in [2.75, 3.05) is 7.11 Å². The zero-order valence-corrected chi connectivity index (χ0v) is 19.5. The van der Waals surface area contributed by atoms with Gasteiger partial charge in [0, 0.05) is 16.5 Å². The lowest BCUT2D eigenvalue weighted by Crippen LogP contribution is -2.02. The Kier molecular flexibility index (Phi) is 7.41. The van der Waals surface area contributed by atoms with Gasteiger partial charge in [0.15, 0.2) is 17.3 Å². The Bertz CT molecular complexity index is 1140. The number of methoxy groups -OCH3 is 1. The predicted octanol–water partition coefficient (Wildman–Crippen LogP) is 6.49. The smallest absolute Gasteiger partial charge is 0.216 e. The van der Waals surface area contributed by atoms with E-state index in [9.17, 15) is 0 Å². The van der Waals surface area contributed by atoms with Gasteiger partial charge in [-0.2, -0.15) is 14.9 Å². The van der Waals surface area contributed by atoms with Gasteiger partial charge in [0.2, 0.25) is 4.77 Å². The van der Waals surface area contributed by atoms with Crippen molar-refractivity contribution in [1.82, 2.24) is 14.9 Å². The van der Waals surface area contributed by atoms with E-state index in [-0.39, 0.29) is 12.5 Å². The molecule has 0 unspecified atom stereocenters. The van der Waals surface area contributed by atoms with E-state index >= 15 is 0 Å². The summed E-state index contributed by atoms with van der Waals surface area (Å²) in [6.45, 7) is 4.18. The average Bonchev–Trinajstić information content (AvgIpc) is 3.10. The molecule has 0 saturated heterocycles. The lowest BCUT2D eigenvalue weighted by atomic mass is 10.2. The zero-order chi connectivity index (χ0) is 21.8. The van der Waals surface area contributed by atoms with E-state index in [1.165, 1.54) is 0 Å². The van der Waals surface area contributed by atoms with Gasteiger partial charge in [-0.05, 0) is 48.1 Å². The predicted molar refractivity (Wildman–Crippen MR) is 123 cm³/mol. The lowest BCUT2D eigenvalue weighted by molar-refractivity contribution is 0.284. The molecule has 1 N–H and O–H groups in total. The third-order valence-electron chi connectivity index (χ3n) is 4.21. The van der Waals surface area contributed by atoms with Crippen LogP contribution in [0.5, 0.6) is 11.5 Å². The van der Waals surface area contributed by atoms with Crippen molar-refractivity contribution in [2.45, 2.75) is 26.4 Å². The fourth-order valence-electron chi connectivity index (χ4n) is 2.65. The largest absolute Gasteiger partial charge is 0.493 e. The number of rotatable bonds is 7. The molecule has 6 nitrogen and oxygen atoms in total. The minimum Gasteiger partial charge on any atom is -0.493 e. The number of aromatic nitrogens is 3. The molecule has 0 fully saturated rings. The fraction of sp³-hybridized carbons (Fsp3) is 0.250. The monoisotopic (exact) mass is 484 g/mol. The van der Waals surface area contributed by atoms with Gasteiger partial charge in [-0.3, -0.25) is 5.10 Å². The molecular formula is C20H19Cl3N4O2S. The highest BCUT2D eigenvalue weighted by Gasteiger charge is 2.13. The molecule has 0 aliphatic heterocycles. The SMILES string of the molecule is COc1cc(/C=N/n2c(C(C)C)n[nH]c2=S)ccc1OCc1c(Cl)ccc(Cl)c1Cl. The summed E-state index contributed by atoms with van der Waals surface area (Å²) in [6.07, 6.45) is 1.67. The summed E-state index contributed by atoms with van der Waals surface area (Å²) in [6, 6.07) is 8.75. The third-order valence-corrected chi connectivity index (χ3v) is 5.67. The Morgan fingerprint density at radius 3 is 2.60 bits per heavy atom. The average molecular weight is 486 g/mol. The van der Waals surface area contributed by atoms with Crippen molar-refractivity contribution in [3.8, 4) is 11.5 Å². The Morgan fingerprint density at radius 2 is 1.90 bits per heavy atom. The number of H-pyrrole nitrogens is 1. The molecule has 10 heteroatoms. The number of hydrogen-bond donors (Lipinski definition) is 1. The summed E-state index contributed by atoms with van der Waals surface area (Å²) in [5.74, 6) is 1.99. The molecule has 1 aromatic heterocycles. The van der Waals surface area contributed by atoms with Crippen molar-refractivity contribution in [2.24, 2.45) is 5.10 Å². The highest BCUT2D eigenvalue weighted by atomic mass is 35.5. The molecule has 1 heterocycles. The molecule has 0 spiro atoms. The standard InChI is InChI=1S/C20H19Cl3N4O2S/c1-11(2)19-25-26-20(30)27(19)24-9-12-4-7-16(17(8-12)28-3)29-10-13-14(21)5-6-15(22)18(13)23/h4-9,11H,10H2,1-3H3,(H,26,30)/b24-9+. The fourth-order valence-corrected chi connectivity index (χ4v) is 3.49. The molecule has 0 bridgehead atoms. The first-order chi connectivity index (χ1) is 14.3. The van der Waals surface area contributed by atoms with Gasteiger partial charge in [-0.15, -0.1) is 0 Å². The van der Waals surface area contributed by atoms with E-state index in [1.807, 2.05) is 19.9 Å². The van der Waals surface area contributed by atoms with Gasteiger partial charge in [-0.25, -0.2) is 0 Å². The summed E-state index contributed by atoms with van der Waals surface area (Å²) in [5.41, 5.74) is 1.41. The summed E-state index contributed by atoms with van der Waals surface area (Å²) >= 11 is 23.8. The Hall–Kier alpha value is -2.06. The van der Waals surface area contributed by atoms with Crippen LogP contribution in [0.25, 0.3) is 0 Å². The summed E-state index contributed by atoms with van der Waals surface area (Å²) in [7, 11) is 1.56. The van der Waals surface area contributed by atoms with Gasteiger partial charge < -0.3 is 9.47 Å². The molecule has 0 aliphatic carbocycles. The van der Waals surface area contributed by atoms with E-state index in [4.69, 9.17) is 56.5 Å². The molecule has 2 aromatic carbocycles. The van der Waals surface area contributed by atoms with Crippen LogP contribution in [-0.2, 0) is 6.61 Å². The molecule has 3 rings (SSSR count). The van der Waals surface area contributed by atoms with E-state index in [0.717, 1.165) is 11.4 Å². The summed E-state index contributed by atoms with van der Waals surface area (Å²) in [4.78, 5) is 0. The van der Waals surface area contributed by atoms with Gasteiger partial charge in [0.25, 0.3) is 0 Å².